The summed E-state index contributed by atoms with van der Waals surface area (Å²) in [6.45, 7) is 6.53. The highest BCUT2D eigenvalue weighted by Crippen LogP contribution is 2.33. The van der Waals surface area contributed by atoms with Crippen molar-refractivity contribution in [1.29, 1.82) is 0 Å². The summed E-state index contributed by atoms with van der Waals surface area (Å²) >= 11 is 0. The van der Waals surface area contributed by atoms with Gasteiger partial charge in [0.05, 0.1) is 5.56 Å². The monoisotopic (exact) mass is 436 g/mol. The van der Waals surface area contributed by atoms with Crippen molar-refractivity contribution in [2.75, 3.05) is 5.32 Å². The SMILES string of the molecule is CC(C)(C)c1ccc2oc(-c3c[nH]nc3-c3ccc(NC(=O)c4ccccc4)cc3)nc2c1. The molecule has 0 aliphatic rings. The fourth-order valence-electron chi connectivity index (χ4n) is 3.69. The van der Waals surface area contributed by atoms with Crippen molar-refractivity contribution >= 4 is 22.7 Å². The van der Waals surface area contributed by atoms with Gasteiger partial charge in [-0.2, -0.15) is 5.10 Å². The summed E-state index contributed by atoms with van der Waals surface area (Å²) < 4.78 is 6.04. The smallest absolute Gasteiger partial charge is 0.255 e. The molecule has 0 aliphatic carbocycles. The number of carbonyl (C=O) groups excluding carboxylic acids is 1. The Kier molecular flexibility index (Phi) is 5.05. The lowest BCUT2D eigenvalue weighted by Gasteiger charge is -2.18. The third kappa shape index (κ3) is 4.15. The maximum Gasteiger partial charge on any atom is 0.255 e. The highest BCUT2D eigenvalue weighted by Gasteiger charge is 2.19. The van der Waals surface area contributed by atoms with E-state index in [-0.39, 0.29) is 11.3 Å². The molecule has 0 spiro atoms. The van der Waals surface area contributed by atoms with Crippen LogP contribution in [0.4, 0.5) is 5.69 Å². The van der Waals surface area contributed by atoms with Crippen LogP contribution in [0.1, 0.15) is 36.7 Å². The van der Waals surface area contributed by atoms with Crippen molar-refractivity contribution in [2.45, 2.75) is 26.2 Å². The number of hydrogen-bond acceptors (Lipinski definition) is 4. The molecule has 5 rings (SSSR count). The van der Waals surface area contributed by atoms with Gasteiger partial charge >= 0.3 is 0 Å². The minimum atomic E-state index is -0.148. The number of benzene rings is 3. The second kappa shape index (κ2) is 8.06. The second-order valence-electron chi connectivity index (χ2n) is 9.00. The zero-order valence-electron chi connectivity index (χ0n) is 18.7. The van der Waals surface area contributed by atoms with Gasteiger partial charge in [-0.15, -0.1) is 0 Å². The van der Waals surface area contributed by atoms with Crippen molar-refractivity contribution in [2.24, 2.45) is 0 Å². The number of aromatic amines is 1. The van der Waals surface area contributed by atoms with Gasteiger partial charge in [0.2, 0.25) is 5.89 Å². The molecule has 6 nitrogen and oxygen atoms in total. The Bertz CT molecular complexity index is 1420. The van der Waals surface area contributed by atoms with Crippen LogP contribution < -0.4 is 5.32 Å². The number of fused-ring (bicyclic) bond motifs is 1. The van der Waals surface area contributed by atoms with Crippen molar-refractivity contribution in [3.05, 3.63) is 90.1 Å². The van der Waals surface area contributed by atoms with Gasteiger partial charge in [-0.05, 0) is 47.4 Å². The van der Waals surface area contributed by atoms with Crippen LogP contribution in [-0.4, -0.2) is 21.1 Å². The van der Waals surface area contributed by atoms with E-state index in [4.69, 9.17) is 9.40 Å². The van der Waals surface area contributed by atoms with Gasteiger partial charge in [-0.3, -0.25) is 9.89 Å². The molecule has 1 amide bonds. The molecule has 0 aliphatic heterocycles. The fraction of sp³-hybridized carbons (Fsp3) is 0.148. The third-order valence-corrected chi connectivity index (χ3v) is 5.58. The van der Waals surface area contributed by atoms with Crippen LogP contribution in [0.15, 0.2) is 83.4 Å². The molecule has 0 fully saturated rings. The summed E-state index contributed by atoms with van der Waals surface area (Å²) in [5.41, 5.74) is 6.53. The van der Waals surface area contributed by atoms with Gasteiger partial charge in [0.1, 0.15) is 11.2 Å². The predicted molar refractivity (Wildman–Crippen MR) is 130 cm³/mol. The number of anilines is 1. The Morgan fingerprint density at radius 2 is 1.73 bits per heavy atom. The summed E-state index contributed by atoms with van der Waals surface area (Å²) in [5, 5.41) is 10.3. The number of nitrogens with one attached hydrogen (secondary N) is 2. The third-order valence-electron chi connectivity index (χ3n) is 5.58. The Balaban J connectivity index is 1.41. The molecule has 5 aromatic rings. The van der Waals surface area contributed by atoms with Gasteiger partial charge < -0.3 is 9.73 Å². The molecule has 0 radical (unpaired) electrons. The number of amides is 1. The number of aromatic nitrogens is 3. The number of hydrogen-bond donors (Lipinski definition) is 2. The molecule has 2 heterocycles. The van der Waals surface area contributed by atoms with E-state index in [1.165, 1.54) is 5.56 Å². The van der Waals surface area contributed by atoms with Crippen molar-refractivity contribution in [3.8, 4) is 22.7 Å². The zero-order chi connectivity index (χ0) is 23.0. The van der Waals surface area contributed by atoms with Crippen LogP contribution >= 0.6 is 0 Å². The molecule has 0 bridgehead atoms. The van der Waals surface area contributed by atoms with Crippen LogP contribution in [0.25, 0.3) is 33.8 Å². The molecule has 0 unspecified atom stereocenters. The van der Waals surface area contributed by atoms with E-state index in [1.807, 2.05) is 48.5 Å². The lowest BCUT2D eigenvalue weighted by atomic mass is 9.87. The topological polar surface area (TPSA) is 83.8 Å². The Morgan fingerprint density at radius 3 is 2.45 bits per heavy atom. The van der Waals surface area contributed by atoms with Gasteiger partial charge in [0.15, 0.2) is 5.58 Å². The van der Waals surface area contributed by atoms with E-state index in [1.54, 1.807) is 18.3 Å². The average molecular weight is 437 g/mol. The van der Waals surface area contributed by atoms with Crippen LogP contribution in [0.2, 0.25) is 0 Å². The van der Waals surface area contributed by atoms with E-state index in [0.29, 0.717) is 17.1 Å². The van der Waals surface area contributed by atoms with Crippen molar-refractivity contribution in [3.63, 3.8) is 0 Å². The summed E-state index contributed by atoms with van der Waals surface area (Å²) in [6, 6.07) is 22.8. The predicted octanol–water partition coefficient (Wildman–Crippen LogP) is 6.43. The van der Waals surface area contributed by atoms with Crippen LogP contribution in [0, 0.1) is 0 Å². The van der Waals surface area contributed by atoms with Gasteiger partial charge in [0.25, 0.3) is 5.91 Å². The van der Waals surface area contributed by atoms with E-state index >= 15 is 0 Å². The second-order valence-corrected chi connectivity index (χ2v) is 9.00. The Morgan fingerprint density at radius 1 is 0.970 bits per heavy atom. The number of rotatable bonds is 4. The maximum atomic E-state index is 12.4. The largest absolute Gasteiger partial charge is 0.436 e. The number of H-pyrrole nitrogens is 1. The van der Waals surface area contributed by atoms with Gasteiger partial charge in [-0.25, -0.2) is 4.98 Å². The first-order valence-corrected chi connectivity index (χ1v) is 10.8. The number of carbonyl (C=O) groups is 1. The first-order valence-electron chi connectivity index (χ1n) is 10.8. The molecule has 3 aromatic carbocycles. The molecule has 0 saturated carbocycles. The van der Waals surface area contributed by atoms with E-state index in [0.717, 1.165) is 27.9 Å². The first-order chi connectivity index (χ1) is 15.9. The fourth-order valence-corrected chi connectivity index (χ4v) is 3.69. The van der Waals surface area contributed by atoms with Crippen molar-refractivity contribution in [1.82, 2.24) is 15.2 Å². The molecule has 0 saturated heterocycles. The quantitative estimate of drug-likeness (QED) is 0.340. The van der Waals surface area contributed by atoms with E-state index in [9.17, 15) is 4.79 Å². The van der Waals surface area contributed by atoms with Crippen LogP contribution in [0.5, 0.6) is 0 Å². The molecule has 2 aromatic heterocycles. The molecular formula is C27H24N4O2. The van der Waals surface area contributed by atoms with Crippen molar-refractivity contribution < 1.29 is 9.21 Å². The minimum absolute atomic E-state index is 0.0335. The lowest BCUT2D eigenvalue weighted by molar-refractivity contribution is 0.102. The number of nitrogens with zero attached hydrogens (tertiary/aromatic N) is 2. The normalized spacial score (nSPS) is 11.6. The number of oxazole rings is 1. The summed E-state index contributed by atoms with van der Waals surface area (Å²) in [4.78, 5) is 17.1. The zero-order valence-corrected chi connectivity index (χ0v) is 18.7. The first kappa shape index (κ1) is 20.7. The van der Waals surface area contributed by atoms with Crippen LogP contribution in [-0.2, 0) is 5.41 Å². The molecule has 0 atom stereocenters. The Hall–Kier alpha value is -4.19. The highest BCUT2D eigenvalue weighted by molar-refractivity contribution is 6.04. The highest BCUT2D eigenvalue weighted by atomic mass is 16.3. The summed E-state index contributed by atoms with van der Waals surface area (Å²) in [7, 11) is 0. The lowest BCUT2D eigenvalue weighted by Crippen LogP contribution is -2.11. The summed E-state index contributed by atoms with van der Waals surface area (Å²) in [5.74, 6) is 0.367. The summed E-state index contributed by atoms with van der Waals surface area (Å²) in [6.07, 6.45) is 1.79. The minimum Gasteiger partial charge on any atom is -0.436 e. The van der Waals surface area contributed by atoms with Crippen LogP contribution in [0.3, 0.4) is 0 Å². The average Bonchev–Trinajstić information content (AvgIpc) is 3.46. The Labute approximate surface area is 191 Å². The standard InChI is InChI=1S/C27H24N4O2/c1-27(2,3)19-11-14-23-22(15-19)30-26(33-23)21-16-28-31-24(21)17-9-12-20(13-10-17)29-25(32)18-7-5-4-6-8-18/h4-16H,1-3H3,(H,28,31)(H,29,32). The van der Waals surface area contributed by atoms with E-state index < -0.39 is 0 Å². The molecular weight excluding hydrogens is 412 g/mol. The molecule has 164 valence electrons. The van der Waals surface area contributed by atoms with Gasteiger partial charge in [0, 0.05) is 23.0 Å². The maximum absolute atomic E-state index is 12.4. The molecule has 33 heavy (non-hydrogen) atoms. The van der Waals surface area contributed by atoms with Gasteiger partial charge in [-0.1, -0.05) is 57.2 Å². The molecule has 6 heteroatoms. The molecule has 2 N–H and O–H groups in total. The van der Waals surface area contributed by atoms with E-state index in [2.05, 4.69) is 48.4 Å².